The summed E-state index contributed by atoms with van der Waals surface area (Å²) in [5.74, 6) is 0. The molecule has 4 heteroatoms. The Bertz CT molecular complexity index is 461. The lowest BCUT2D eigenvalue weighted by atomic mass is 10.2. The van der Waals surface area contributed by atoms with Crippen LogP contribution in [0.4, 0.5) is 0 Å². The number of rotatable bonds is 3. The molecule has 0 aliphatic heterocycles. The van der Waals surface area contributed by atoms with Crippen molar-refractivity contribution < 1.29 is 0 Å². The Labute approximate surface area is 109 Å². The van der Waals surface area contributed by atoms with E-state index in [0.29, 0.717) is 0 Å². The standard InChI is InChI=1S/C12H14IN3/c1-2-11(14)12-7-15-8-16(12)10-5-3-9(13)4-6-10/h3-8,11H,2,14H2,1H3/t11-/m1/s1. The second-order valence-corrected chi connectivity index (χ2v) is 4.93. The van der Waals surface area contributed by atoms with Crippen molar-refractivity contribution in [3.05, 3.63) is 46.1 Å². The second kappa shape index (κ2) is 4.97. The summed E-state index contributed by atoms with van der Waals surface area (Å²) in [6.45, 7) is 2.08. The van der Waals surface area contributed by atoms with Gasteiger partial charge in [0.2, 0.25) is 0 Å². The van der Waals surface area contributed by atoms with Crippen molar-refractivity contribution >= 4 is 22.6 Å². The predicted molar refractivity (Wildman–Crippen MR) is 73.5 cm³/mol. The molecule has 2 N–H and O–H groups in total. The Kier molecular flexibility index (Phi) is 3.60. The topological polar surface area (TPSA) is 43.8 Å². The molecule has 1 aromatic heterocycles. The molecule has 0 bridgehead atoms. The van der Waals surface area contributed by atoms with Gasteiger partial charge in [0.25, 0.3) is 0 Å². The first kappa shape index (κ1) is 11.6. The van der Waals surface area contributed by atoms with Gasteiger partial charge in [0.15, 0.2) is 0 Å². The largest absolute Gasteiger partial charge is 0.323 e. The summed E-state index contributed by atoms with van der Waals surface area (Å²) in [5.41, 5.74) is 8.21. The normalized spacial score (nSPS) is 12.7. The predicted octanol–water partition coefficient (Wildman–Crippen LogP) is 2.89. The minimum atomic E-state index is 0.0433. The van der Waals surface area contributed by atoms with Crippen LogP contribution in [-0.4, -0.2) is 9.55 Å². The van der Waals surface area contributed by atoms with Crippen LogP contribution < -0.4 is 5.73 Å². The number of hydrogen-bond donors (Lipinski definition) is 1. The van der Waals surface area contributed by atoms with Gasteiger partial charge >= 0.3 is 0 Å². The van der Waals surface area contributed by atoms with E-state index in [9.17, 15) is 0 Å². The molecule has 84 valence electrons. The molecule has 3 nitrogen and oxygen atoms in total. The molecule has 0 aliphatic carbocycles. The Hall–Kier alpha value is -0.880. The molecule has 2 rings (SSSR count). The molecule has 0 radical (unpaired) electrons. The minimum absolute atomic E-state index is 0.0433. The molecule has 0 saturated heterocycles. The third kappa shape index (κ3) is 2.27. The van der Waals surface area contributed by atoms with Gasteiger partial charge in [0.1, 0.15) is 0 Å². The third-order valence-corrected chi connectivity index (χ3v) is 3.31. The van der Waals surface area contributed by atoms with Crippen LogP contribution in [-0.2, 0) is 0 Å². The van der Waals surface area contributed by atoms with Crippen molar-refractivity contribution in [1.29, 1.82) is 0 Å². The number of nitrogens with zero attached hydrogens (tertiary/aromatic N) is 2. The van der Waals surface area contributed by atoms with Crippen LogP contribution in [0.3, 0.4) is 0 Å². The first-order chi connectivity index (χ1) is 7.72. The molecular formula is C12H14IN3. The van der Waals surface area contributed by atoms with Crippen LogP contribution in [0, 0.1) is 3.57 Å². The van der Waals surface area contributed by atoms with Gasteiger partial charge in [-0.25, -0.2) is 4.98 Å². The van der Waals surface area contributed by atoms with Gasteiger partial charge in [-0.15, -0.1) is 0 Å². The summed E-state index contributed by atoms with van der Waals surface area (Å²) in [7, 11) is 0. The highest BCUT2D eigenvalue weighted by molar-refractivity contribution is 14.1. The summed E-state index contributed by atoms with van der Waals surface area (Å²) in [6.07, 6.45) is 4.56. The van der Waals surface area contributed by atoms with E-state index in [-0.39, 0.29) is 6.04 Å². The molecule has 0 fully saturated rings. The van der Waals surface area contributed by atoms with Gasteiger partial charge in [0, 0.05) is 15.3 Å². The van der Waals surface area contributed by atoms with Crippen molar-refractivity contribution in [1.82, 2.24) is 9.55 Å². The van der Waals surface area contributed by atoms with Gasteiger partial charge in [-0.3, -0.25) is 0 Å². The van der Waals surface area contributed by atoms with Crippen molar-refractivity contribution in [3.63, 3.8) is 0 Å². The van der Waals surface area contributed by atoms with Crippen LogP contribution in [0.25, 0.3) is 5.69 Å². The van der Waals surface area contributed by atoms with E-state index in [1.165, 1.54) is 3.57 Å². The van der Waals surface area contributed by atoms with Crippen LogP contribution in [0.1, 0.15) is 25.1 Å². The van der Waals surface area contributed by atoms with Gasteiger partial charge < -0.3 is 10.3 Å². The number of nitrogens with two attached hydrogens (primary N) is 1. The number of hydrogen-bond acceptors (Lipinski definition) is 2. The SMILES string of the molecule is CC[C@@H](N)c1cncn1-c1ccc(I)cc1. The van der Waals surface area contributed by atoms with E-state index in [1.54, 1.807) is 0 Å². The fourth-order valence-corrected chi connectivity index (χ4v) is 1.97. The highest BCUT2D eigenvalue weighted by Crippen LogP contribution is 2.18. The second-order valence-electron chi connectivity index (χ2n) is 3.68. The quantitative estimate of drug-likeness (QED) is 0.881. The summed E-state index contributed by atoms with van der Waals surface area (Å²) in [5, 5.41) is 0. The Morgan fingerprint density at radius 2 is 2.06 bits per heavy atom. The fourth-order valence-electron chi connectivity index (χ4n) is 1.61. The van der Waals surface area contributed by atoms with Gasteiger partial charge in [-0.1, -0.05) is 6.92 Å². The van der Waals surface area contributed by atoms with Crippen LogP contribution in [0.15, 0.2) is 36.8 Å². The molecule has 2 aromatic rings. The number of imidazole rings is 1. The third-order valence-electron chi connectivity index (χ3n) is 2.59. The van der Waals surface area contributed by atoms with E-state index in [0.717, 1.165) is 17.8 Å². The van der Waals surface area contributed by atoms with E-state index >= 15 is 0 Å². The molecule has 16 heavy (non-hydrogen) atoms. The summed E-state index contributed by atoms with van der Waals surface area (Å²) < 4.78 is 3.27. The monoisotopic (exact) mass is 327 g/mol. The number of halogens is 1. The number of aromatic nitrogens is 2. The number of benzene rings is 1. The lowest BCUT2D eigenvalue weighted by molar-refractivity contribution is 0.660. The van der Waals surface area contributed by atoms with Crippen LogP contribution >= 0.6 is 22.6 Å². The first-order valence-corrected chi connectivity index (χ1v) is 6.34. The fraction of sp³-hybridized carbons (Fsp3) is 0.250. The average Bonchev–Trinajstić information content (AvgIpc) is 2.78. The lowest BCUT2D eigenvalue weighted by Gasteiger charge is -2.12. The van der Waals surface area contributed by atoms with Gasteiger partial charge in [-0.2, -0.15) is 0 Å². The van der Waals surface area contributed by atoms with E-state index in [2.05, 4.69) is 58.8 Å². The van der Waals surface area contributed by atoms with Crippen molar-refractivity contribution in [2.24, 2.45) is 5.73 Å². The molecule has 0 spiro atoms. The van der Waals surface area contributed by atoms with Crippen LogP contribution in [0.5, 0.6) is 0 Å². The summed E-state index contributed by atoms with van der Waals surface area (Å²) in [4.78, 5) is 4.17. The van der Waals surface area contributed by atoms with E-state index in [4.69, 9.17) is 5.73 Å². The maximum absolute atomic E-state index is 6.04. The lowest BCUT2D eigenvalue weighted by Crippen LogP contribution is -2.13. The first-order valence-electron chi connectivity index (χ1n) is 5.26. The molecule has 0 amide bonds. The van der Waals surface area contributed by atoms with Gasteiger partial charge in [0.05, 0.1) is 18.2 Å². The molecule has 1 aromatic carbocycles. The minimum Gasteiger partial charge on any atom is -0.323 e. The smallest absolute Gasteiger partial charge is 0.0994 e. The average molecular weight is 327 g/mol. The Balaban J connectivity index is 2.40. The van der Waals surface area contributed by atoms with E-state index < -0.39 is 0 Å². The van der Waals surface area contributed by atoms with Crippen molar-refractivity contribution in [3.8, 4) is 5.69 Å². The van der Waals surface area contributed by atoms with Crippen LogP contribution in [0.2, 0.25) is 0 Å². The molecule has 1 atom stereocenters. The molecular weight excluding hydrogens is 313 g/mol. The zero-order valence-corrected chi connectivity index (χ0v) is 11.3. The molecule has 1 heterocycles. The van der Waals surface area contributed by atoms with E-state index in [1.807, 2.05) is 17.1 Å². The molecule has 0 unspecified atom stereocenters. The highest BCUT2D eigenvalue weighted by atomic mass is 127. The molecule has 0 saturated carbocycles. The highest BCUT2D eigenvalue weighted by Gasteiger charge is 2.10. The Morgan fingerprint density at radius 1 is 1.38 bits per heavy atom. The maximum Gasteiger partial charge on any atom is 0.0994 e. The summed E-state index contributed by atoms with van der Waals surface area (Å²) >= 11 is 2.29. The van der Waals surface area contributed by atoms with Gasteiger partial charge in [-0.05, 0) is 53.3 Å². The van der Waals surface area contributed by atoms with Crippen molar-refractivity contribution in [2.75, 3.05) is 0 Å². The Morgan fingerprint density at radius 3 is 2.69 bits per heavy atom. The molecule has 0 aliphatic rings. The van der Waals surface area contributed by atoms with Crippen molar-refractivity contribution in [2.45, 2.75) is 19.4 Å². The maximum atomic E-state index is 6.04. The zero-order chi connectivity index (χ0) is 11.5. The summed E-state index contributed by atoms with van der Waals surface area (Å²) in [6, 6.07) is 8.36. The zero-order valence-electron chi connectivity index (χ0n) is 9.10.